The van der Waals surface area contributed by atoms with Gasteiger partial charge in [0.05, 0.1) is 7.11 Å². The van der Waals surface area contributed by atoms with Gasteiger partial charge in [0.1, 0.15) is 5.15 Å². The van der Waals surface area contributed by atoms with Crippen LogP contribution in [0.25, 0.3) is 0 Å². The van der Waals surface area contributed by atoms with E-state index in [9.17, 15) is 4.79 Å². The van der Waals surface area contributed by atoms with Gasteiger partial charge in [-0.2, -0.15) is 0 Å². The third kappa shape index (κ3) is 2.04. The van der Waals surface area contributed by atoms with Crippen molar-refractivity contribution in [3.8, 4) is 5.88 Å². The fourth-order valence-corrected chi connectivity index (χ4v) is 1.42. The molecule has 0 fully saturated rings. The maximum absolute atomic E-state index is 11.5. The molecular formula is C10H12ClNO2. The number of carbonyl (C=O) groups is 1. The van der Waals surface area contributed by atoms with Gasteiger partial charge in [-0.1, -0.05) is 18.5 Å². The summed E-state index contributed by atoms with van der Waals surface area (Å²) >= 11 is 5.76. The molecule has 0 aliphatic heterocycles. The van der Waals surface area contributed by atoms with Gasteiger partial charge >= 0.3 is 0 Å². The van der Waals surface area contributed by atoms with E-state index in [1.807, 2.05) is 6.92 Å². The number of halogens is 1. The Hall–Kier alpha value is -1.09. The molecule has 0 N–H and O–H groups in total. The molecule has 0 aliphatic carbocycles. The zero-order valence-corrected chi connectivity index (χ0v) is 9.18. The van der Waals surface area contributed by atoms with Crippen molar-refractivity contribution >= 4 is 17.4 Å². The Morgan fingerprint density at radius 3 is 2.79 bits per heavy atom. The molecule has 0 spiro atoms. The third-order valence-electron chi connectivity index (χ3n) is 2.01. The largest absolute Gasteiger partial charge is 0.481 e. The molecule has 3 nitrogen and oxygen atoms in total. The highest BCUT2D eigenvalue weighted by Gasteiger charge is 2.13. The van der Waals surface area contributed by atoms with E-state index in [-0.39, 0.29) is 10.9 Å². The summed E-state index contributed by atoms with van der Waals surface area (Å²) in [4.78, 5) is 15.5. The van der Waals surface area contributed by atoms with E-state index < -0.39 is 0 Å². The van der Waals surface area contributed by atoms with Crippen LogP contribution in [-0.2, 0) is 0 Å². The first kappa shape index (κ1) is 11.0. The summed E-state index contributed by atoms with van der Waals surface area (Å²) in [5.41, 5.74) is 1.33. The molecule has 4 heteroatoms. The fraction of sp³-hybridized carbons (Fsp3) is 0.400. The molecule has 0 radical (unpaired) electrons. The van der Waals surface area contributed by atoms with E-state index in [0.717, 1.165) is 5.56 Å². The lowest BCUT2D eigenvalue weighted by Gasteiger charge is -2.08. The van der Waals surface area contributed by atoms with E-state index in [0.29, 0.717) is 17.9 Å². The van der Waals surface area contributed by atoms with Crippen LogP contribution in [0, 0.1) is 6.92 Å². The van der Waals surface area contributed by atoms with Gasteiger partial charge in [-0.15, -0.1) is 0 Å². The predicted octanol–water partition coefficient (Wildman–Crippen LogP) is 2.64. The van der Waals surface area contributed by atoms with Crippen LogP contribution >= 0.6 is 11.6 Å². The van der Waals surface area contributed by atoms with Gasteiger partial charge in [-0.05, 0) is 13.0 Å². The van der Waals surface area contributed by atoms with Gasteiger partial charge in [-0.3, -0.25) is 4.79 Å². The van der Waals surface area contributed by atoms with E-state index >= 15 is 0 Å². The Kier molecular flexibility index (Phi) is 3.47. The van der Waals surface area contributed by atoms with Crippen molar-refractivity contribution in [3.05, 3.63) is 22.3 Å². The Balaban J connectivity index is 3.29. The molecule has 0 amide bonds. The molecule has 76 valence electrons. The molecule has 0 aromatic carbocycles. The second kappa shape index (κ2) is 4.42. The van der Waals surface area contributed by atoms with Gasteiger partial charge < -0.3 is 4.74 Å². The zero-order chi connectivity index (χ0) is 10.7. The Morgan fingerprint density at radius 1 is 1.64 bits per heavy atom. The second-order valence-electron chi connectivity index (χ2n) is 2.90. The summed E-state index contributed by atoms with van der Waals surface area (Å²) in [6, 6.07) is 1.57. The van der Waals surface area contributed by atoms with Crippen LogP contribution in [0.1, 0.15) is 29.3 Å². The first-order valence-electron chi connectivity index (χ1n) is 4.34. The highest BCUT2D eigenvalue weighted by Crippen LogP contribution is 2.23. The number of carbonyl (C=O) groups excluding carboxylic acids is 1. The lowest BCUT2D eigenvalue weighted by Crippen LogP contribution is -2.03. The summed E-state index contributed by atoms with van der Waals surface area (Å²) in [6.45, 7) is 3.60. The Morgan fingerprint density at radius 2 is 2.29 bits per heavy atom. The van der Waals surface area contributed by atoms with Crippen molar-refractivity contribution < 1.29 is 9.53 Å². The highest BCUT2D eigenvalue weighted by atomic mass is 35.5. The third-order valence-corrected chi connectivity index (χ3v) is 2.21. The Labute approximate surface area is 88.1 Å². The molecule has 0 aliphatic rings. The molecule has 0 atom stereocenters. The molecule has 1 aromatic heterocycles. The van der Waals surface area contributed by atoms with E-state index in [4.69, 9.17) is 16.3 Å². The molecule has 14 heavy (non-hydrogen) atoms. The van der Waals surface area contributed by atoms with Crippen molar-refractivity contribution in [1.29, 1.82) is 0 Å². The van der Waals surface area contributed by atoms with Gasteiger partial charge in [0.2, 0.25) is 5.88 Å². The summed E-state index contributed by atoms with van der Waals surface area (Å²) in [7, 11) is 1.51. The van der Waals surface area contributed by atoms with Crippen LogP contribution < -0.4 is 4.74 Å². The van der Waals surface area contributed by atoms with Crippen LogP contribution in [0.4, 0.5) is 0 Å². The minimum atomic E-state index is 0.0464. The van der Waals surface area contributed by atoms with Crippen molar-refractivity contribution in [2.75, 3.05) is 7.11 Å². The van der Waals surface area contributed by atoms with Gasteiger partial charge in [-0.25, -0.2) is 4.98 Å². The average molecular weight is 214 g/mol. The highest BCUT2D eigenvalue weighted by molar-refractivity contribution is 6.29. The van der Waals surface area contributed by atoms with Crippen LogP contribution in [0.2, 0.25) is 5.15 Å². The second-order valence-corrected chi connectivity index (χ2v) is 3.29. The predicted molar refractivity (Wildman–Crippen MR) is 55.2 cm³/mol. The maximum Gasteiger partial charge on any atom is 0.218 e. The number of Topliss-reactive ketones (excluding diaryl/α,β-unsaturated/α-hetero) is 1. The quantitative estimate of drug-likeness (QED) is 0.573. The summed E-state index contributed by atoms with van der Waals surface area (Å²) in [6.07, 6.45) is 0.449. The van der Waals surface area contributed by atoms with Gasteiger partial charge in [0.15, 0.2) is 5.78 Å². The number of aromatic nitrogens is 1. The van der Waals surface area contributed by atoms with Gasteiger partial charge in [0, 0.05) is 17.5 Å². The standard InChI is InChI=1S/C10H12ClNO2/c1-4-8(13)7-5-9(11)12-10(14-3)6(7)2/h5H,4H2,1-3H3. The molecule has 0 unspecified atom stereocenters. The molecule has 1 rings (SSSR count). The summed E-state index contributed by atoms with van der Waals surface area (Å²) < 4.78 is 5.01. The fourth-order valence-electron chi connectivity index (χ4n) is 1.23. The molecular weight excluding hydrogens is 202 g/mol. The number of ether oxygens (including phenoxy) is 1. The molecule has 1 heterocycles. The topological polar surface area (TPSA) is 39.2 Å². The average Bonchev–Trinajstić information content (AvgIpc) is 2.19. The van der Waals surface area contributed by atoms with Crippen molar-refractivity contribution in [2.24, 2.45) is 0 Å². The van der Waals surface area contributed by atoms with Crippen LogP contribution in [0.3, 0.4) is 0 Å². The minimum Gasteiger partial charge on any atom is -0.481 e. The number of hydrogen-bond acceptors (Lipinski definition) is 3. The number of pyridine rings is 1. The SMILES string of the molecule is CCC(=O)c1cc(Cl)nc(OC)c1C. The summed E-state index contributed by atoms with van der Waals surface area (Å²) in [5, 5.41) is 0.282. The van der Waals surface area contributed by atoms with Crippen LogP contribution in [-0.4, -0.2) is 17.9 Å². The van der Waals surface area contributed by atoms with E-state index in [2.05, 4.69) is 4.98 Å². The first-order valence-corrected chi connectivity index (χ1v) is 4.72. The molecule has 0 bridgehead atoms. The summed E-state index contributed by atoms with van der Waals surface area (Å²) in [5.74, 6) is 0.458. The van der Waals surface area contributed by atoms with E-state index in [1.54, 1.807) is 13.0 Å². The zero-order valence-electron chi connectivity index (χ0n) is 8.43. The van der Waals surface area contributed by atoms with E-state index in [1.165, 1.54) is 7.11 Å². The van der Waals surface area contributed by atoms with Crippen molar-refractivity contribution in [1.82, 2.24) is 4.98 Å². The van der Waals surface area contributed by atoms with Crippen molar-refractivity contribution in [2.45, 2.75) is 20.3 Å². The number of rotatable bonds is 3. The lowest BCUT2D eigenvalue weighted by atomic mass is 10.1. The molecule has 0 saturated heterocycles. The molecule has 1 aromatic rings. The normalized spacial score (nSPS) is 10.0. The van der Waals surface area contributed by atoms with Gasteiger partial charge in [0.25, 0.3) is 0 Å². The number of methoxy groups -OCH3 is 1. The first-order chi connectivity index (χ1) is 6.60. The lowest BCUT2D eigenvalue weighted by molar-refractivity contribution is 0.0987. The maximum atomic E-state index is 11.5. The monoisotopic (exact) mass is 213 g/mol. The smallest absolute Gasteiger partial charge is 0.218 e. The number of hydrogen-bond donors (Lipinski definition) is 0. The number of nitrogens with zero attached hydrogens (tertiary/aromatic N) is 1. The number of ketones is 1. The van der Waals surface area contributed by atoms with Crippen LogP contribution in [0.5, 0.6) is 5.88 Å². The minimum absolute atomic E-state index is 0.0464. The van der Waals surface area contributed by atoms with Crippen molar-refractivity contribution in [3.63, 3.8) is 0 Å². The van der Waals surface area contributed by atoms with Crippen LogP contribution in [0.15, 0.2) is 6.07 Å². The Bertz CT molecular complexity index is 363. The molecule has 0 saturated carbocycles.